The maximum Gasteiger partial charge on any atom is 0.293 e. The highest BCUT2D eigenvalue weighted by atomic mass is 16.3. The molecule has 0 radical (unpaired) electrons. The third kappa shape index (κ3) is 4.35. The predicted octanol–water partition coefficient (Wildman–Crippen LogP) is 1.86. The van der Waals surface area contributed by atoms with Gasteiger partial charge < -0.3 is 15.0 Å². The molecule has 0 aliphatic carbocycles. The van der Waals surface area contributed by atoms with E-state index in [0.29, 0.717) is 24.7 Å². The highest BCUT2D eigenvalue weighted by molar-refractivity contribution is 5.34. The number of aromatic nitrogens is 2. The zero-order valence-electron chi connectivity index (χ0n) is 12.3. The van der Waals surface area contributed by atoms with Crippen molar-refractivity contribution in [2.24, 2.45) is 5.92 Å². The van der Waals surface area contributed by atoms with Crippen LogP contribution in [-0.4, -0.2) is 26.8 Å². The third-order valence-electron chi connectivity index (χ3n) is 3.34. The van der Waals surface area contributed by atoms with Gasteiger partial charge in [0.05, 0.1) is 0 Å². The van der Waals surface area contributed by atoms with Crippen LogP contribution in [0.4, 0.5) is 5.82 Å². The van der Waals surface area contributed by atoms with E-state index in [1.807, 2.05) is 13.8 Å². The summed E-state index contributed by atoms with van der Waals surface area (Å²) in [6, 6.07) is 0. The zero-order chi connectivity index (χ0) is 14.5. The minimum atomic E-state index is -0.308. The van der Waals surface area contributed by atoms with Crippen LogP contribution in [-0.2, 0) is 6.54 Å². The molecule has 5 heteroatoms. The Morgan fingerprint density at radius 3 is 2.74 bits per heavy atom. The molecule has 1 aromatic heterocycles. The molecule has 0 aromatic carbocycles. The van der Waals surface area contributed by atoms with Crippen molar-refractivity contribution in [1.29, 1.82) is 0 Å². The lowest BCUT2D eigenvalue weighted by atomic mass is 9.95. The van der Waals surface area contributed by atoms with Gasteiger partial charge in [-0.3, -0.25) is 4.79 Å². The summed E-state index contributed by atoms with van der Waals surface area (Å²) in [5.41, 5.74) is -0.411. The molecule has 0 aliphatic rings. The number of nitrogens with one attached hydrogen (secondary N) is 1. The number of anilines is 1. The Labute approximate surface area is 114 Å². The first-order chi connectivity index (χ1) is 8.91. The second-order valence-electron chi connectivity index (χ2n) is 5.64. The summed E-state index contributed by atoms with van der Waals surface area (Å²) in [5, 5.41) is 12.3. The van der Waals surface area contributed by atoms with Crippen molar-refractivity contribution in [3.05, 3.63) is 22.7 Å². The summed E-state index contributed by atoms with van der Waals surface area (Å²) in [7, 11) is 0. The molecular weight excluding hydrogens is 242 g/mol. The van der Waals surface area contributed by atoms with Gasteiger partial charge in [0.2, 0.25) is 0 Å². The Hall–Kier alpha value is -1.36. The average Bonchev–Trinajstić information content (AvgIpc) is 2.34. The van der Waals surface area contributed by atoms with Crippen LogP contribution in [0.1, 0.15) is 40.5 Å². The monoisotopic (exact) mass is 267 g/mol. The number of aliphatic hydroxyl groups is 1. The topological polar surface area (TPSA) is 67.2 Å². The Kier molecular flexibility index (Phi) is 5.54. The average molecular weight is 267 g/mol. The number of hydrogen-bond acceptors (Lipinski definition) is 4. The van der Waals surface area contributed by atoms with Crippen LogP contribution >= 0.6 is 0 Å². The summed E-state index contributed by atoms with van der Waals surface area (Å²) in [6.45, 7) is 8.93. The van der Waals surface area contributed by atoms with Gasteiger partial charge >= 0.3 is 0 Å². The summed E-state index contributed by atoms with van der Waals surface area (Å²) in [5.74, 6) is 0.768. The molecule has 0 saturated heterocycles. The molecule has 0 saturated carbocycles. The van der Waals surface area contributed by atoms with E-state index in [-0.39, 0.29) is 17.7 Å². The van der Waals surface area contributed by atoms with E-state index >= 15 is 0 Å². The molecular formula is C14H25N3O2. The Morgan fingerprint density at radius 1 is 1.53 bits per heavy atom. The predicted molar refractivity (Wildman–Crippen MR) is 77.4 cm³/mol. The summed E-state index contributed by atoms with van der Waals surface area (Å²) < 4.78 is 1.68. The highest BCUT2D eigenvalue weighted by Crippen LogP contribution is 2.18. The van der Waals surface area contributed by atoms with Crippen molar-refractivity contribution < 1.29 is 5.11 Å². The van der Waals surface area contributed by atoms with Gasteiger partial charge in [-0.15, -0.1) is 0 Å². The largest absolute Gasteiger partial charge is 0.396 e. The molecule has 0 aliphatic heterocycles. The van der Waals surface area contributed by atoms with Gasteiger partial charge in [-0.25, -0.2) is 4.98 Å². The minimum Gasteiger partial charge on any atom is -0.396 e. The molecule has 0 spiro atoms. The van der Waals surface area contributed by atoms with Crippen molar-refractivity contribution >= 4 is 5.82 Å². The molecule has 1 unspecified atom stereocenters. The van der Waals surface area contributed by atoms with Crippen LogP contribution in [0, 0.1) is 5.92 Å². The minimum absolute atomic E-state index is 0.0877. The maximum absolute atomic E-state index is 12.3. The van der Waals surface area contributed by atoms with Crippen LogP contribution in [0.25, 0.3) is 0 Å². The Morgan fingerprint density at radius 2 is 2.21 bits per heavy atom. The van der Waals surface area contributed by atoms with E-state index in [2.05, 4.69) is 24.1 Å². The van der Waals surface area contributed by atoms with Gasteiger partial charge in [0, 0.05) is 31.1 Å². The number of hydrogen-bond donors (Lipinski definition) is 2. The molecule has 108 valence electrons. The van der Waals surface area contributed by atoms with Crippen LogP contribution < -0.4 is 10.9 Å². The fraction of sp³-hybridized carbons (Fsp3) is 0.714. The molecule has 2 N–H and O–H groups in total. The molecule has 0 fully saturated rings. The van der Waals surface area contributed by atoms with Crippen molar-refractivity contribution in [3.63, 3.8) is 0 Å². The quantitative estimate of drug-likeness (QED) is 0.791. The molecule has 0 bridgehead atoms. The molecule has 1 heterocycles. The number of rotatable bonds is 7. The van der Waals surface area contributed by atoms with E-state index in [4.69, 9.17) is 5.11 Å². The molecule has 1 rings (SSSR count). The van der Waals surface area contributed by atoms with Gasteiger partial charge in [-0.1, -0.05) is 20.8 Å². The van der Waals surface area contributed by atoms with Gasteiger partial charge in [-0.2, -0.15) is 0 Å². The lowest BCUT2D eigenvalue weighted by Gasteiger charge is -2.29. The van der Waals surface area contributed by atoms with Crippen LogP contribution in [0.5, 0.6) is 0 Å². The van der Waals surface area contributed by atoms with Crippen molar-refractivity contribution in [2.75, 3.05) is 11.9 Å². The van der Waals surface area contributed by atoms with Gasteiger partial charge in [0.15, 0.2) is 5.82 Å². The fourth-order valence-corrected chi connectivity index (χ4v) is 1.93. The van der Waals surface area contributed by atoms with Crippen LogP contribution in [0.2, 0.25) is 0 Å². The number of nitrogens with zero attached hydrogens (tertiary/aromatic N) is 2. The van der Waals surface area contributed by atoms with E-state index in [9.17, 15) is 4.79 Å². The van der Waals surface area contributed by atoms with E-state index < -0.39 is 0 Å². The Bertz CT molecular complexity index is 456. The first kappa shape index (κ1) is 15.7. The molecule has 1 aromatic rings. The molecule has 5 nitrogen and oxygen atoms in total. The Balaban J connectivity index is 2.98. The molecule has 0 amide bonds. The number of aliphatic hydroxyl groups excluding tert-OH is 1. The third-order valence-corrected chi connectivity index (χ3v) is 3.34. The van der Waals surface area contributed by atoms with Crippen molar-refractivity contribution in [3.8, 4) is 0 Å². The van der Waals surface area contributed by atoms with Crippen molar-refractivity contribution in [2.45, 2.75) is 52.6 Å². The first-order valence-corrected chi connectivity index (χ1v) is 6.86. The second-order valence-corrected chi connectivity index (χ2v) is 5.64. The van der Waals surface area contributed by atoms with E-state index in [1.54, 1.807) is 17.0 Å². The summed E-state index contributed by atoms with van der Waals surface area (Å²) in [4.78, 5) is 16.4. The lowest BCUT2D eigenvalue weighted by Crippen LogP contribution is -2.39. The van der Waals surface area contributed by atoms with Gasteiger partial charge in [0.1, 0.15) is 0 Å². The molecule has 1 atom stereocenters. The fourth-order valence-electron chi connectivity index (χ4n) is 1.93. The summed E-state index contributed by atoms with van der Waals surface area (Å²) >= 11 is 0. The van der Waals surface area contributed by atoms with Crippen LogP contribution in [0.3, 0.4) is 0 Å². The smallest absolute Gasteiger partial charge is 0.293 e. The zero-order valence-corrected chi connectivity index (χ0v) is 12.3. The van der Waals surface area contributed by atoms with Crippen LogP contribution in [0.15, 0.2) is 17.2 Å². The van der Waals surface area contributed by atoms with E-state index in [0.717, 1.165) is 6.42 Å². The lowest BCUT2D eigenvalue weighted by molar-refractivity contribution is 0.251. The van der Waals surface area contributed by atoms with Crippen molar-refractivity contribution in [1.82, 2.24) is 9.55 Å². The second kappa shape index (κ2) is 6.70. The van der Waals surface area contributed by atoms with E-state index in [1.165, 1.54) is 0 Å². The SMILES string of the molecule is CCC(C)(CCO)Nc1nccn(CC(C)C)c1=O. The normalized spacial score (nSPS) is 14.4. The standard InChI is InChI=1S/C14H25N3O2/c1-5-14(4,6-9-18)16-12-13(19)17(8-7-15-12)10-11(2)3/h7-8,11,18H,5-6,9-10H2,1-4H3,(H,15,16). The van der Waals surface area contributed by atoms with Gasteiger partial charge in [-0.05, 0) is 25.7 Å². The highest BCUT2D eigenvalue weighted by Gasteiger charge is 2.23. The maximum atomic E-state index is 12.3. The summed E-state index contributed by atoms with van der Waals surface area (Å²) in [6.07, 6.45) is 4.75. The van der Waals surface area contributed by atoms with Gasteiger partial charge in [0.25, 0.3) is 5.56 Å². The first-order valence-electron chi connectivity index (χ1n) is 6.86. The molecule has 19 heavy (non-hydrogen) atoms.